The number of aryl methyl sites for hydroxylation is 1. The van der Waals surface area contributed by atoms with E-state index in [1.807, 2.05) is 54.0 Å². The van der Waals surface area contributed by atoms with Gasteiger partial charge in [0, 0.05) is 29.8 Å². The number of amides is 1. The number of halogens is 1. The van der Waals surface area contributed by atoms with E-state index in [-0.39, 0.29) is 5.92 Å². The number of aromatic nitrogens is 2. The first-order valence-corrected chi connectivity index (χ1v) is 11.4. The summed E-state index contributed by atoms with van der Waals surface area (Å²) >= 11 is 3.72. The summed E-state index contributed by atoms with van der Waals surface area (Å²) < 4.78 is 9.00. The highest BCUT2D eigenvalue weighted by Crippen LogP contribution is 2.38. The highest BCUT2D eigenvalue weighted by molar-refractivity contribution is 9.10. The lowest BCUT2D eigenvalue weighted by molar-refractivity contribution is 0.0990. The van der Waals surface area contributed by atoms with Crippen molar-refractivity contribution in [1.29, 1.82) is 0 Å². The Morgan fingerprint density at radius 2 is 1.94 bits per heavy atom. The van der Waals surface area contributed by atoms with Gasteiger partial charge in [-0.2, -0.15) is 0 Å². The molecular formula is C25H26BrN3O2. The van der Waals surface area contributed by atoms with E-state index in [9.17, 15) is 4.79 Å². The van der Waals surface area contributed by atoms with Crippen LogP contribution in [0.5, 0.6) is 0 Å². The molecule has 160 valence electrons. The lowest BCUT2D eigenvalue weighted by Crippen LogP contribution is -2.20. The number of imidazole rings is 1. The van der Waals surface area contributed by atoms with Crippen molar-refractivity contribution in [1.82, 2.24) is 9.55 Å². The van der Waals surface area contributed by atoms with Gasteiger partial charge in [-0.1, -0.05) is 57.2 Å². The van der Waals surface area contributed by atoms with E-state index in [2.05, 4.69) is 35.8 Å². The van der Waals surface area contributed by atoms with Gasteiger partial charge >= 0.3 is 0 Å². The number of rotatable bonds is 7. The van der Waals surface area contributed by atoms with Crippen molar-refractivity contribution in [2.24, 2.45) is 5.73 Å². The van der Waals surface area contributed by atoms with Crippen LogP contribution in [0.15, 0.2) is 57.4 Å². The minimum absolute atomic E-state index is 0.174. The molecule has 0 saturated carbocycles. The molecular weight excluding hydrogens is 454 g/mol. The van der Waals surface area contributed by atoms with Gasteiger partial charge in [0.05, 0.1) is 10.2 Å². The molecule has 0 aliphatic carbocycles. The molecule has 0 spiro atoms. The van der Waals surface area contributed by atoms with Gasteiger partial charge in [0.25, 0.3) is 5.91 Å². The van der Waals surface area contributed by atoms with E-state index < -0.39 is 5.91 Å². The number of carbonyl (C=O) groups is 1. The van der Waals surface area contributed by atoms with E-state index in [4.69, 9.17) is 15.1 Å². The Bertz CT molecular complexity index is 1240. The van der Waals surface area contributed by atoms with Crippen molar-refractivity contribution in [2.75, 3.05) is 0 Å². The Hall–Kier alpha value is -2.86. The van der Waals surface area contributed by atoms with E-state index in [0.29, 0.717) is 12.2 Å². The molecule has 2 aromatic carbocycles. The summed E-state index contributed by atoms with van der Waals surface area (Å²) in [6.07, 6.45) is 1.63. The first-order valence-electron chi connectivity index (χ1n) is 10.6. The van der Waals surface area contributed by atoms with Crippen LogP contribution in [0.4, 0.5) is 0 Å². The van der Waals surface area contributed by atoms with Crippen LogP contribution < -0.4 is 5.73 Å². The van der Waals surface area contributed by atoms with Crippen LogP contribution in [0.1, 0.15) is 60.7 Å². The Balaban J connectivity index is 1.78. The molecule has 0 aliphatic heterocycles. The molecule has 0 bridgehead atoms. The summed E-state index contributed by atoms with van der Waals surface area (Å²) in [6.45, 7) is 6.75. The largest absolute Gasteiger partial charge is 0.455 e. The van der Waals surface area contributed by atoms with Gasteiger partial charge in [-0.25, -0.2) is 4.98 Å². The lowest BCUT2D eigenvalue weighted by atomic mass is 10.0. The Morgan fingerprint density at radius 1 is 1.19 bits per heavy atom. The van der Waals surface area contributed by atoms with E-state index in [0.717, 1.165) is 56.7 Å². The molecule has 4 aromatic rings. The van der Waals surface area contributed by atoms with Gasteiger partial charge < -0.3 is 14.7 Å². The summed E-state index contributed by atoms with van der Waals surface area (Å²) in [5, 5.41) is 0.997. The first kappa shape index (κ1) is 21.4. The number of nitrogens with two attached hydrogens (primary N) is 1. The molecule has 2 heterocycles. The van der Waals surface area contributed by atoms with Crippen molar-refractivity contribution in [2.45, 2.75) is 46.1 Å². The van der Waals surface area contributed by atoms with Crippen LogP contribution in [0, 0.1) is 0 Å². The number of fused-ring (bicyclic) bond motifs is 1. The molecule has 4 rings (SSSR count). The third-order valence-corrected chi connectivity index (χ3v) is 6.56. The van der Waals surface area contributed by atoms with E-state index in [1.165, 1.54) is 0 Å². The Labute approximate surface area is 190 Å². The van der Waals surface area contributed by atoms with Gasteiger partial charge in [-0.05, 0) is 40.0 Å². The van der Waals surface area contributed by atoms with Crippen molar-refractivity contribution in [3.63, 3.8) is 0 Å². The number of benzene rings is 2. The van der Waals surface area contributed by atoms with E-state index in [1.54, 1.807) is 0 Å². The average molecular weight is 480 g/mol. The lowest BCUT2D eigenvalue weighted by Gasteiger charge is -2.12. The SMILES string of the molecule is CCc1nc(C(C)CC)c(C(N)=O)n1Cc1ccc2oc(-c3ccccc3)c(Br)c2c1. The maximum absolute atomic E-state index is 12.3. The van der Waals surface area contributed by atoms with Crippen LogP contribution in [0.25, 0.3) is 22.3 Å². The maximum Gasteiger partial charge on any atom is 0.267 e. The quantitative estimate of drug-likeness (QED) is 0.338. The standard InChI is InChI=1S/C25H26BrN3O2/c1-4-15(3)22-23(25(27)30)29(20(5-2)28-22)14-16-11-12-19-18(13-16)21(26)24(31-19)17-9-7-6-8-10-17/h6-13,15H,4-5,14H2,1-3H3,(H2,27,30). The fraction of sp³-hybridized carbons (Fsp3) is 0.280. The number of primary amides is 1. The monoisotopic (exact) mass is 479 g/mol. The molecule has 1 amide bonds. The molecule has 6 heteroatoms. The van der Waals surface area contributed by atoms with E-state index >= 15 is 0 Å². The van der Waals surface area contributed by atoms with Crippen molar-refractivity contribution in [3.8, 4) is 11.3 Å². The normalized spacial score (nSPS) is 12.4. The second-order valence-electron chi connectivity index (χ2n) is 7.82. The van der Waals surface area contributed by atoms with Crippen molar-refractivity contribution in [3.05, 3.63) is 75.8 Å². The number of furan rings is 1. The fourth-order valence-corrected chi connectivity index (χ4v) is 4.55. The molecule has 0 saturated heterocycles. The summed E-state index contributed by atoms with van der Waals surface area (Å²) in [7, 11) is 0. The summed E-state index contributed by atoms with van der Waals surface area (Å²) in [6, 6.07) is 16.1. The minimum atomic E-state index is -0.431. The zero-order chi connectivity index (χ0) is 22.1. The molecule has 2 N–H and O–H groups in total. The highest BCUT2D eigenvalue weighted by Gasteiger charge is 2.24. The zero-order valence-electron chi connectivity index (χ0n) is 18.0. The van der Waals surface area contributed by atoms with Gasteiger partial charge in [0.15, 0.2) is 0 Å². The number of hydrogen-bond acceptors (Lipinski definition) is 3. The third-order valence-electron chi connectivity index (χ3n) is 5.77. The van der Waals surface area contributed by atoms with Crippen LogP contribution in [0.2, 0.25) is 0 Å². The topological polar surface area (TPSA) is 74.0 Å². The summed E-state index contributed by atoms with van der Waals surface area (Å²) in [5.74, 6) is 1.43. The van der Waals surface area contributed by atoms with Crippen molar-refractivity contribution >= 4 is 32.8 Å². The predicted octanol–water partition coefficient (Wildman–Crippen LogP) is 6.28. The Kier molecular flexibility index (Phi) is 6.01. The van der Waals surface area contributed by atoms with Crippen LogP contribution in [-0.4, -0.2) is 15.5 Å². The molecule has 31 heavy (non-hydrogen) atoms. The van der Waals surface area contributed by atoms with Crippen molar-refractivity contribution < 1.29 is 9.21 Å². The summed E-state index contributed by atoms with van der Waals surface area (Å²) in [5.41, 5.74) is 9.98. The minimum Gasteiger partial charge on any atom is -0.455 e. The van der Waals surface area contributed by atoms with Crippen LogP contribution >= 0.6 is 15.9 Å². The number of hydrogen-bond donors (Lipinski definition) is 1. The second kappa shape index (κ2) is 8.71. The fourth-order valence-electron chi connectivity index (χ4n) is 3.93. The molecule has 5 nitrogen and oxygen atoms in total. The van der Waals surface area contributed by atoms with Gasteiger partial charge in [-0.15, -0.1) is 0 Å². The molecule has 1 atom stereocenters. The summed E-state index contributed by atoms with van der Waals surface area (Å²) in [4.78, 5) is 17.1. The first-order chi connectivity index (χ1) is 14.9. The molecule has 0 fully saturated rings. The average Bonchev–Trinajstić information content (AvgIpc) is 3.31. The van der Waals surface area contributed by atoms with Crippen LogP contribution in [0.3, 0.4) is 0 Å². The second-order valence-corrected chi connectivity index (χ2v) is 8.61. The molecule has 1 unspecified atom stereocenters. The van der Waals surface area contributed by atoms with Gasteiger partial charge in [0.1, 0.15) is 22.9 Å². The number of carbonyl (C=O) groups excluding carboxylic acids is 1. The molecule has 2 aromatic heterocycles. The Morgan fingerprint density at radius 3 is 2.58 bits per heavy atom. The smallest absolute Gasteiger partial charge is 0.267 e. The highest BCUT2D eigenvalue weighted by atomic mass is 79.9. The molecule has 0 aliphatic rings. The third kappa shape index (κ3) is 3.92. The maximum atomic E-state index is 12.3. The zero-order valence-corrected chi connectivity index (χ0v) is 19.6. The predicted molar refractivity (Wildman–Crippen MR) is 127 cm³/mol. The van der Waals surface area contributed by atoms with Gasteiger partial charge in [0.2, 0.25) is 0 Å². The van der Waals surface area contributed by atoms with Crippen LogP contribution in [-0.2, 0) is 13.0 Å². The van der Waals surface area contributed by atoms with Gasteiger partial charge in [-0.3, -0.25) is 4.79 Å². The number of nitrogens with zero attached hydrogens (tertiary/aromatic N) is 2. The molecule has 0 radical (unpaired) electrons.